The monoisotopic (exact) mass is 291 g/mol. The number of anilines is 1. The molecule has 2 atom stereocenters. The van der Waals surface area contributed by atoms with Crippen LogP contribution in [0.3, 0.4) is 0 Å². The van der Waals surface area contributed by atoms with Gasteiger partial charge in [0, 0.05) is 30.9 Å². The molecule has 0 amide bonds. The fourth-order valence-corrected chi connectivity index (χ4v) is 3.69. The number of rotatable bonds is 3. The summed E-state index contributed by atoms with van der Waals surface area (Å²) >= 11 is 0. The first-order chi connectivity index (χ1) is 10.1. The maximum Gasteiger partial charge on any atom is 0.126 e. The summed E-state index contributed by atoms with van der Waals surface area (Å²) in [6.45, 7) is 8.33. The van der Waals surface area contributed by atoms with Gasteiger partial charge >= 0.3 is 0 Å². The van der Waals surface area contributed by atoms with Gasteiger partial charge in [-0.15, -0.1) is 0 Å². The molecule has 1 aromatic carbocycles. The summed E-state index contributed by atoms with van der Waals surface area (Å²) in [5.41, 5.74) is 8.82. The van der Waals surface area contributed by atoms with Crippen LogP contribution in [0.15, 0.2) is 12.1 Å². The molecule has 2 N–H and O–H groups in total. The highest BCUT2D eigenvalue weighted by molar-refractivity contribution is 5.58. The van der Waals surface area contributed by atoms with E-state index >= 15 is 0 Å². The Labute approximate surface area is 126 Å². The van der Waals surface area contributed by atoms with Gasteiger partial charge in [0.25, 0.3) is 0 Å². The summed E-state index contributed by atoms with van der Waals surface area (Å²) in [6.07, 6.45) is 3.86. The van der Waals surface area contributed by atoms with Crippen molar-refractivity contribution < 1.29 is 4.39 Å². The number of nitrogens with two attached hydrogens (primary N) is 1. The molecule has 2 aliphatic rings. The van der Waals surface area contributed by atoms with Crippen LogP contribution in [0.25, 0.3) is 0 Å². The van der Waals surface area contributed by atoms with Crippen LogP contribution in [0.1, 0.15) is 43.4 Å². The molecule has 0 saturated carbocycles. The van der Waals surface area contributed by atoms with Gasteiger partial charge in [0.05, 0.1) is 0 Å². The van der Waals surface area contributed by atoms with Gasteiger partial charge in [-0.1, -0.05) is 0 Å². The highest BCUT2D eigenvalue weighted by atomic mass is 19.1. The van der Waals surface area contributed by atoms with Crippen molar-refractivity contribution in [2.45, 2.75) is 45.2 Å². The second-order valence-corrected chi connectivity index (χ2v) is 6.58. The van der Waals surface area contributed by atoms with Gasteiger partial charge < -0.3 is 10.6 Å². The summed E-state index contributed by atoms with van der Waals surface area (Å²) in [5, 5.41) is 0. The maximum atomic E-state index is 13.8. The molecule has 2 fully saturated rings. The van der Waals surface area contributed by atoms with Gasteiger partial charge in [-0.25, -0.2) is 4.39 Å². The van der Waals surface area contributed by atoms with Crippen LogP contribution in [-0.4, -0.2) is 37.1 Å². The van der Waals surface area contributed by atoms with Crippen molar-refractivity contribution >= 4 is 5.69 Å². The van der Waals surface area contributed by atoms with Gasteiger partial charge in [-0.3, -0.25) is 4.90 Å². The number of aryl methyl sites for hydroxylation is 1. The maximum absolute atomic E-state index is 13.8. The average Bonchev–Trinajstić information content (AvgIpc) is 3.10. The van der Waals surface area contributed by atoms with Crippen LogP contribution in [0.5, 0.6) is 0 Å². The van der Waals surface area contributed by atoms with E-state index in [-0.39, 0.29) is 11.9 Å². The number of likely N-dealkylation sites (tertiary alicyclic amines) is 1. The molecule has 2 unspecified atom stereocenters. The van der Waals surface area contributed by atoms with Crippen LogP contribution in [-0.2, 0) is 0 Å². The normalized spacial score (nSPS) is 24.8. The minimum Gasteiger partial charge on any atom is -0.370 e. The molecular weight excluding hydrogens is 265 g/mol. The van der Waals surface area contributed by atoms with Crippen LogP contribution < -0.4 is 10.6 Å². The highest BCUT2D eigenvalue weighted by Gasteiger charge is 2.30. The van der Waals surface area contributed by atoms with Gasteiger partial charge in [-0.2, -0.15) is 0 Å². The Morgan fingerprint density at radius 3 is 2.62 bits per heavy atom. The lowest BCUT2D eigenvalue weighted by molar-refractivity contribution is 0.260. The molecule has 116 valence electrons. The van der Waals surface area contributed by atoms with Gasteiger partial charge in [0.15, 0.2) is 0 Å². The van der Waals surface area contributed by atoms with E-state index in [1.807, 2.05) is 19.9 Å². The third kappa shape index (κ3) is 2.92. The lowest BCUT2D eigenvalue weighted by Crippen LogP contribution is -2.35. The molecule has 2 aliphatic heterocycles. The van der Waals surface area contributed by atoms with Gasteiger partial charge in [0.2, 0.25) is 0 Å². The predicted octanol–water partition coefficient (Wildman–Crippen LogP) is 2.83. The summed E-state index contributed by atoms with van der Waals surface area (Å²) < 4.78 is 13.8. The summed E-state index contributed by atoms with van der Waals surface area (Å²) in [6, 6.07) is 4.11. The number of hydrogen-bond acceptors (Lipinski definition) is 3. The van der Waals surface area contributed by atoms with Crippen LogP contribution in [0.4, 0.5) is 10.1 Å². The van der Waals surface area contributed by atoms with Gasteiger partial charge in [0.1, 0.15) is 5.82 Å². The molecule has 2 heterocycles. The van der Waals surface area contributed by atoms with Crippen LogP contribution >= 0.6 is 0 Å². The van der Waals surface area contributed by atoms with Crippen molar-refractivity contribution in [2.24, 2.45) is 5.73 Å². The molecule has 0 spiro atoms. The van der Waals surface area contributed by atoms with Crippen LogP contribution in [0, 0.1) is 12.7 Å². The Balaban J connectivity index is 1.82. The smallest absolute Gasteiger partial charge is 0.126 e. The van der Waals surface area contributed by atoms with Crippen molar-refractivity contribution in [1.29, 1.82) is 0 Å². The Kier molecular flexibility index (Phi) is 4.18. The SMILES string of the molecule is Cc1cc(N2CCC(N3CCCC3)C2)c(C(C)N)cc1F. The summed E-state index contributed by atoms with van der Waals surface area (Å²) in [4.78, 5) is 5.01. The van der Waals surface area contributed by atoms with Crippen molar-refractivity contribution in [3.05, 3.63) is 29.1 Å². The third-order valence-corrected chi connectivity index (χ3v) is 4.96. The third-order valence-electron chi connectivity index (χ3n) is 4.96. The molecule has 0 radical (unpaired) electrons. The first kappa shape index (κ1) is 14.8. The quantitative estimate of drug-likeness (QED) is 0.929. The molecule has 0 bridgehead atoms. The molecular formula is C17H26FN3. The van der Waals surface area contributed by atoms with Crippen LogP contribution in [0.2, 0.25) is 0 Å². The molecule has 3 nitrogen and oxygen atoms in total. The zero-order valence-electron chi connectivity index (χ0n) is 13.1. The van der Waals surface area contributed by atoms with E-state index in [0.29, 0.717) is 11.6 Å². The lowest BCUT2D eigenvalue weighted by Gasteiger charge is -2.27. The molecule has 21 heavy (non-hydrogen) atoms. The first-order valence-electron chi connectivity index (χ1n) is 8.11. The van der Waals surface area contributed by atoms with E-state index in [9.17, 15) is 4.39 Å². The number of benzene rings is 1. The van der Waals surface area contributed by atoms with E-state index < -0.39 is 0 Å². The highest BCUT2D eigenvalue weighted by Crippen LogP contribution is 2.32. The Bertz CT molecular complexity index is 509. The van der Waals surface area contributed by atoms with Crippen molar-refractivity contribution in [3.63, 3.8) is 0 Å². The zero-order chi connectivity index (χ0) is 15.0. The standard InChI is InChI=1S/C17H26FN3/c1-12-9-17(15(13(2)19)10-16(12)18)21-8-5-14(11-21)20-6-3-4-7-20/h9-10,13-14H,3-8,11,19H2,1-2H3. The molecule has 2 saturated heterocycles. The number of hydrogen-bond donors (Lipinski definition) is 1. The second kappa shape index (κ2) is 5.93. The number of halogens is 1. The Morgan fingerprint density at radius 2 is 1.95 bits per heavy atom. The topological polar surface area (TPSA) is 32.5 Å². The predicted molar refractivity (Wildman–Crippen MR) is 85.2 cm³/mol. The summed E-state index contributed by atoms with van der Waals surface area (Å²) in [7, 11) is 0. The van der Waals surface area contributed by atoms with Gasteiger partial charge in [-0.05, 0) is 69.5 Å². The average molecular weight is 291 g/mol. The van der Waals surface area contributed by atoms with E-state index in [0.717, 1.165) is 24.3 Å². The molecule has 0 aliphatic carbocycles. The summed E-state index contributed by atoms with van der Waals surface area (Å²) in [5.74, 6) is -0.152. The van der Waals surface area contributed by atoms with E-state index in [1.165, 1.54) is 32.4 Å². The van der Waals surface area contributed by atoms with E-state index in [2.05, 4.69) is 9.80 Å². The molecule has 3 rings (SSSR count). The Morgan fingerprint density at radius 1 is 1.24 bits per heavy atom. The van der Waals surface area contributed by atoms with Crippen molar-refractivity contribution in [2.75, 3.05) is 31.1 Å². The lowest BCUT2D eigenvalue weighted by atomic mass is 10.0. The fraction of sp³-hybridized carbons (Fsp3) is 0.647. The minimum atomic E-state index is -0.152. The molecule has 1 aromatic rings. The Hall–Kier alpha value is -1.13. The molecule has 4 heteroatoms. The largest absolute Gasteiger partial charge is 0.370 e. The van der Waals surface area contributed by atoms with E-state index in [1.54, 1.807) is 6.07 Å². The minimum absolute atomic E-state index is 0.138. The zero-order valence-corrected chi connectivity index (χ0v) is 13.1. The second-order valence-electron chi connectivity index (χ2n) is 6.58. The van der Waals surface area contributed by atoms with Crippen molar-refractivity contribution in [1.82, 2.24) is 4.90 Å². The fourth-order valence-electron chi connectivity index (χ4n) is 3.69. The van der Waals surface area contributed by atoms with Crippen molar-refractivity contribution in [3.8, 4) is 0 Å². The first-order valence-corrected chi connectivity index (χ1v) is 8.11. The molecule has 0 aromatic heterocycles. The number of nitrogens with zero attached hydrogens (tertiary/aromatic N) is 2. The van der Waals surface area contributed by atoms with E-state index in [4.69, 9.17) is 5.73 Å².